The van der Waals surface area contributed by atoms with Crippen LogP contribution in [0, 0.1) is 0 Å². The molecule has 1 unspecified atom stereocenters. The maximum absolute atomic E-state index is 10.3. The molecule has 86 valence electrons. The summed E-state index contributed by atoms with van der Waals surface area (Å²) in [6.07, 6.45) is 8.02. The van der Waals surface area contributed by atoms with Crippen LogP contribution >= 0.6 is 0 Å². The predicted molar refractivity (Wildman–Crippen MR) is 68.2 cm³/mol. The van der Waals surface area contributed by atoms with Gasteiger partial charge >= 0.3 is 0 Å². The number of anilines is 1. The molecule has 1 aromatic carbocycles. The number of hydrogen-bond acceptors (Lipinski definition) is 2. The van der Waals surface area contributed by atoms with Gasteiger partial charge in [0.25, 0.3) is 0 Å². The number of nitrogens with one attached hydrogen (secondary N) is 1. The topological polar surface area (TPSA) is 32.3 Å². The van der Waals surface area contributed by atoms with Gasteiger partial charge in [0.05, 0.1) is 0 Å². The third kappa shape index (κ3) is 2.45. The van der Waals surface area contributed by atoms with Crippen molar-refractivity contribution >= 4 is 11.8 Å². The number of hydrogen-bond donors (Lipinski definition) is 2. The number of benzene rings is 1. The Morgan fingerprint density at radius 1 is 1.25 bits per heavy atom. The Labute approximate surface area is 97.0 Å². The molecule has 2 rings (SSSR count). The highest BCUT2D eigenvalue weighted by Crippen LogP contribution is 2.29. The van der Waals surface area contributed by atoms with E-state index in [0.29, 0.717) is 0 Å². The van der Waals surface area contributed by atoms with Crippen LogP contribution in [-0.4, -0.2) is 10.8 Å². The van der Waals surface area contributed by atoms with Gasteiger partial charge in [-0.2, -0.15) is 0 Å². The van der Waals surface area contributed by atoms with Gasteiger partial charge in [-0.1, -0.05) is 44.0 Å². The summed E-state index contributed by atoms with van der Waals surface area (Å²) in [5.41, 5.74) is 1.30. The number of para-hydroxylation sites is 1. The molecule has 0 aromatic heterocycles. The van der Waals surface area contributed by atoms with E-state index in [1.807, 2.05) is 36.4 Å². The summed E-state index contributed by atoms with van der Waals surface area (Å²) >= 11 is 0. The lowest BCUT2D eigenvalue weighted by Gasteiger charge is -2.31. The van der Waals surface area contributed by atoms with Gasteiger partial charge in [-0.25, -0.2) is 0 Å². The number of aliphatic hydroxyl groups is 1. The molecule has 0 aliphatic carbocycles. The third-order valence-electron chi connectivity index (χ3n) is 3.01. The first-order chi connectivity index (χ1) is 7.73. The molecule has 0 saturated heterocycles. The van der Waals surface area contributed by atoms with Gasteiger partial charge in [0, 0.05) is 5.69 Å². The lowest BCUT2D eigenvalue weighted by atomic mass is 9.98. The second-order valence-electron chi connectivity index (χ2n) is 4.43. The Bertz CT molecular complexity index is 386. The van der Waals surface area contributed by atoms with Crippen LogP contribution in [-0.2, 0) is 0 Å². The van der Waals surface area contributed by atoms with E-state index in [2.05, 4.69) is 12.2 Å². The molecule has 1 aliphatic heterocycles. The van der Waals surface area contributed by atoms with E-state index >= 15 is 0 Å². The molecule has 0 fully saturated rings. The zero-order valence-electron chi connectivity index (χ0n) is 9.74. The van der Waals surface area contributed by atoms with Crippen LogP contribution < -0.4 is 5.32 Å². The molecule has 1 atom stereocenters. The fourth-order valence-corrected chi connectivity index (χ4v) is 2.05. The lowest BCUT2D eigenvalue weighted by Crippen LogP contribution is -2.37. The van der Waals surface area contributed by atoms with Gasteiger partial charge in [0.1, 0.15) is 0 Å². The van der Waals surface area contributed by atoms with Crippen molar-refractivity contribution in [2.24, 2.45) is 0 Å². The minimum atomic E-state index is -0.858. The Morgan fingerprint density at radius 2 is 2.06 bits per heavy atom. The summed E-state index contributed by atoms with van der Waals surface area (Å²) in [6.45, 7) is 2.17. The molecule has 1 aliphatic rings. The van der Waals surface area contributed by atoms with Gasteiger partial charge < -0.3 is 10.4 Å². The molecule has 16 heavy (non-hydrogen) atoms. The Balaban J connectivity index is 2.06. The highest BCUT2D eigenvalue weighted by Gasteiger charge is 2.25. The highest BCUT2D eigenvalue weighted by atomic mass is 16.3. The minimum Gasteiger partial charge on any atom is -0.367 e. The van der Waals surface area contributed by atoms with Crippen molar-refractivity contribution in [1.82, 2.24) is 0 Å². The van der Waals surface area contributed by atoms with Crippen LogP contribution in [0.5, 0.6) is 0 Å². The summed E-state index contributed by atoms with van der Waals surface area (Å²) < 4.78 is 0. The summed E-state index contributed by atoms with van der Waals surface area (Å²) in [5.74, 6) is 0. The van der Waals surface area contributed by atoms with Crippen LogP contribution in [0.1, 0.15) is 38.2 Å². The average molecular weight is 217 g/mol. The minimum absolute atomic E-state index is 0.770. The molecular formula is C14H19NO. The largest absolute Gasteiger partial charge is 0.367 e. The van der Waals surface area contributed by atoms with Gasteiger partial charge in [-0.15, -0.1) is 0 Å². The summed E-state index contributed by atoms with van der Waals surface area (Å²) in [4.78, 5) is 0. The molecule has 0 saturated carbocycles. The molecular weight excluding hydrogens is 198 g/mol. The molecule has 2 heteroatoms. The van der Waals surface area contributed by atoms with Crippen LogP contribution in [0.15, 0.2) is 30.3 Å². The summed E-state index contributed by atoms with van der Waals surface area (Å²) in [5, 5.41) is 13.5. The van der Waals surface area contributed by atoms with Crippen molar-refractivity contribution in [2.45, 2.75) is 38.3 Å². The van der Waals surface area contributed by atoms with Crippen molar-refractivity contribution in [2.75, 3.05) is 5.32 Å². The monoisotopic (exact) mass is 217 g/mol. The molecule has 2 nitrogen and oxygen atoms in total. The maximum atomic E-state index is 10.3. The van der Waals surface area contributed by atoms with Crippen LogP contribution in [0.25, 0.3) is 6.08 Å². The number of unbranched alkanes of at least 4 members (excludes halogenated alkanes) is 2. The van der Waals surface area contributed by atoms with E-state index in [9.17, 15) is 5.11 Å². The number of rotatable bonds is 4. The summed E-state index contributed by atoms with van der Waals surface area (Å²) in [7, 11) is 0. The summed E-state index contributed by atoms with van der Waals surface area (Å²) in [6, 6.07) is 8.04. The fourth-order valence-electron chi connectivity index (χ4n) is 2.05. The quantitative estimate of drug-likeness (QED) is 0.758. The van der Waals surface area contributed by atoms with Gasteiger partial charge in [-0.3, -0.25) is 0 Å². The molecule has 0 spiro atoms. The maximum Gasteiger partial charge on any atom is 0.155 e. The van der Waals surface area contributed by atoms with Crippen molar-refractivity contribution in [3.05, 3.63) is 35.9 Å². The SMILES string of the molecule is CCCCCC1(O)C=Cc2ccccc2N1. The molecule has 0 bridgehead atoms. The number of fused-ring (bicyclic) bond motifs is 1. The second kappa shape index (κ2) is 4.71. The lowest BCUT2D eigenvalue weighted by molar-refractivity contribution is 0.108. The molecule has 2 N–H and O–H groups in total. The van der Waals surface area contributed by atoms with Crippen molar-refractivity contribution in [1.29, 1.82) is 0 Å². The molecule has 0 radical (unpaired) electrons. The van der Waals surface area contributed by atoms with E-state index in [0.717, 1.165) is 24.1 Å². The van der Waals surface area contributed by atoms with Gasteiger partial charge in [0.2, 0.25) is 0 Å². The Hall–Kier alpha value is -1.28. The Kier molecular flexibility index (Phi) is 3.30. The first-order valence-electron chi connectivity index (χ1n) is 6.02. The predicted octanol–water partition coefficient (Wildman–Crippen LogP) is 3.39. The molecule has 0 amide bonds. The van der Waals surface area contributed by atoms with E-state index in [1.54, 1.807) is 0 Å². The van der Waals surface area contributed by atoms with Gasteiger partial charge in [0.15, 0.2) is 5.72 Å². The average Bonchev–Trinajstić information content (AvgIpc) is 2.29. The van der Waals surface area contributed by atoms with Crippen molar-refractivity contribution in [3.63, 3.8) is 0 Å². The van der Waals surface area contributed by atoms with E-state index in [1.165, 1.54) is 12.8 Å². The van der Waals surface area contributed by atoms with E-state index < -0.39 is 5.72 Å². The van der Waals surface area contributed by atoms with Crippen molar-refractivity contribution in [3.8, 4) is 0 Å². The van der Waals surface area contributed by atoms with E-state index in [4.69, 9.17) is 0 Å². The Morgan fingerprint density at radius 3 is 2.88 bits per heavy atom. The zero-order chi connectivity index (χ0) is 11.4. The normalized spacial score (nSPS) is 22.6. The fraction of sp³-hybridized carbons (Fsp3) is 0.429. The van der Waals surface area contributed by atoms with E-state index in [-0.39, 0.29) is 0 Å². The molecule has 1 heterocycles. The highest BCUT2D eigenvalue weighted by molar-refractivity contribution is 5.71. The van der Waals surface area contributed by atoms with Gasteiger partial charge in [-0.05, 0) is 30.5 Å². The standard InChI is InChI=1S/C14H19NO/c1-2-3-6-10-14(16)11-9-12-7-4-5-8-13(12)15-14/h4-5,7-9,11,15-16H,2-3,6,10H2,1H3. The first-order valence-corrected chi connectivity index (χ1v) is 6.02. The zero-order valence-corrected chi connectivity index (χ0v) is 9.74. The second-order valence-corrected chi connectivity index (χ2v) is 4.43. The van der Waals surface area contributed by atoms with Crippen LogP contribution in [0.4, 0.5) is 5.69 Å². The van der Waals surface area contributed by atoms with Crippen LogP contribution in [0.2, 0.25) is 0 Å². The van der Waals surface area contributed by atoms with Crippen LogP contribution in [0.3, 0.4) is 0 Å². The molecule has 1 aromatic rings. The van der Waals surface area contributed by atoms with Crippen molar-refractivity contribution < 1.29 is 5.11 Å². The smallest absolute Gasteiger partial charge is 0.155 e. The third-order valence-corrected chi connectivity index (χ3v) is 3.01. The first kappa shape index (κ1) is 11.2.